The standard InChI is InChI=1S/2C18H40N2.2BrH/c2*1-4-7-12-17(13-10-11-16-19)18(20,14-8-5-2)15-9-6-3;;/h2*17H,4-16,19-20H2,1-3H3;2*1H. The fourth-order valence-electron chi connectivity index (χ4n) is 6.50. The lowest BCUT2D eigenvalue weighted by Gasteiger charge is -2.38. The molecule has 0 heterocycles. The zero-order valence-electron chi connectivity index (χ0n) is 29.7. The average molecular weight is 731 g/mol. The van der Waals surface area contributed by atoms with E-state index in [0.29, 0.717) is 11.8 Å². The summed E-state index contributed by atoms with van der Waals surface area (Å²) in [6.45, 7) is 15.3. The highest BCUT2D eigenvalue weighted by Gasteiger charge is 2.33. The Morgan fingerprint density at radius 1 is 0.381 bits per heavy atom. The van der Waals surface area contributed by atoms with Crippen molar-refractivity contribution in [1.29, 1.82) is 0 Å². The highest BCUT2D eigenvalue weighted by atomic mass is 79.9. The molecule has 0 aliphatic carbocycles. The van der Waals surface area contributed by atoms with E-state index in [9.17, 15) is 0 Å². The van der Waals surface area contributed by atoms with E-state index in [1.54, 1.807) is 0 Å². The molecule has 0 fully saturated rings. The van der Waals surface area contributed by atoms with Crippen LogP contribution in [0.1, 0.15) is 196 Å². The Labute approximate surface area is 287 Å². The fourth-order valence-corrected chi connectivity index (χ4v) is 6.50. The van der Waals surface area contributed by atoms with Gasteiger partial charge in [0.05, 0.1) is 0 Å². The summed E-state index contributed by atoms with van der Waals surface area (Å²) in [7, 11) is 0. The Bertz CT molecular complexity index is 447. The van der Waals surface area contributed by atoms with Gasteiger partial charge in [-0.15, -0.1) is 34.0 Å². The Kier molecular flexibility index (Phi) is 41.0. The van der Waals surface area contributed by atoms with Crippen molar-refractivity contribution in [2.45, 2.75) is 207 Å². The second-order valence-electron chi connectivity index (χ2n) is 13.1. The Balaban J connectivity index is -0.000000328. The van der Waals surface area contributed by atoms with E-state index in [1.165, 1.54) is 141 Å². The normalized spacial score (nSPS) is 13.0. The topological polar surface area (TPSA) is 104 Å². The largest absolute Gasteiger partial charge is 0.330 e. The van der Waals surface area contributed by atoms with Crippen molar-refractivity contribution in [2.24, 2.45) is 34.8 Å². The molecular weight excluding hydrogens is 648 g/mol. The van der Waals surface area contributed by atoms with Crippen LogP contribution in [0, 0.1) is 11.8 Å². The lowest BCUT2D eigenvalue weighted by atomic mass is 9.72. The molecule has 0 aromatic rings. The van der Waals surface area contributed by atoms with Gasteiger partial charge in [0, 0.05) is 11.1 Å². The molecule has 0 aromatic carbocycles. The summed E-state index contributed by atoms with van der Waals surface area (Å²) in [4.78, 5) is 0. The van der Waals surface area contributed by atoms with E-state index in [2.05, 4.69) is 41.5 Å². The third-order valence-electron chi connectivity index (χ3n) is 9.43. The number of hydrogen-bond acceptors (Lipinski definition) is 4. The molecule has 0 rings (SSSR count). The number of hydrogen-bond donors (Lipinski definition) is 4. The summed E-state index contributed by atoms with van der Waals surface area (Å²) >= 11 is 0. The predicted octanol–water partition coefficient (Wildman–Crippen LogP) is 11.2. The maximum absolute atomic E-state index is 6.91. The second-order valence-corrected chi connectivity index (χ2v) is 13.1. The molecule has 0 amide bonds. The van der Waals surface area contributed by atoms with Gasteiger partial charge in [0.15, 0.2) is 0 Å². The van der Waals surface area contributed by atoms with Gasteiger partial charge in [-0.05, 0) is 89.1 Å². The summed E-state index contributed by atoms with van der Waals surface area (Å²) in [6, 6.07) is 0. The lowest BCUT2D eigenvalue weighted by molar-refractivity contribution is 0.193. The minimum absolute atomic E-state index is 0. The van der Waals surface area contributed by atoms with Crippen LogP contribution in [0.3, 0.4) is 0 Å². The van der Waals surface area contributed by atoms with Gasteiger partial charge >= 0.3 is 0 Å². The first-order valence-corrected chi connectivity index (χ1v) is 18.3. The summed E-state index contributed by atoms with van der Waals surface area (Å²) in [5.41, 5.74) is 25.3. The van der Waals surface area contributed by atoms with Gasteiger partial charge in [-0.1, -0.05) is 131 Å². The van der Waals surface area contributed by atoms with Crippen LogP contribution in [0.5, 0.6) is 0 Å². The Morgan fingerprint density at radius 3 is 0.833 bits per heavy atom. The van der Waals surface area contributed by atoms with Crippen LogP contribution in [0.2, 0.25) is 0 Å². The van der Waals surface area contributed by atoms with E-state index < -0.39 is 0 Å². The van der Waals surface area contributed by atoms with Crippen LogP contribution in [-0.4, -0.2) is 24.2 Å². The Morgan fingerprint density at radius 2 is 0.619 bits per heavy atom. The predicted molar refractivity (Wildman–Crippen MR) is 204 cm³/mol. The van der Waals surface area contributed by atoms with E-state index in [1.807, 2.05) is 0 Å². The fraction of sp³-hybridized carbons (Fsp3) is 1.00. The molecule has 4 nitrogen and oxygen atoms in total. The van der Waals surface area contributed by atoms with Gasteiger partial charge in [0.1, 0.15) is 0 Å². The monoisotopic (exact) mass is 728 g/mol. The van der Waals surface area contributed by atoms with E-state index in [4.69, 9.17) is 22.9 Å². The summed E-state index contributed by atoms with van der Waals surface area (Å²) in [5.74, 6) is 1.40. The van der Waals surface area contributed by atoms with Crippen LogP contribution in [-0.2, 0) is 0 Å². The molecule has 260 valence electrons. The van der Waals surface area contributed by atoms with E-state index >= 15 is 0 Å². The lowest BCUT2D eigenvalue weighted by Crippen LogP contribution is -2.47. The highest BCUT2D eigenvalue weighted by molar-refractivity contribution is 8.93. The molecular formula is C36H82Br2N4. The number of unbranched alkanes of at least 4 members (excludes halogenated alkanes) is 8. The summed E-state index contributed by atoms with van der Waals surface area (Å²) < 4.78 is 0. The first kappa shape index (κ1) is 49.7. The van der Waals surface area contributed by atoms with Crippen molar-refractivity contribution in [1.82, 2.24) is 0 Å². The molecule has 6 heteroatoms. The third kappa shape index (κ3) is 25.0. The first-order chi connectivity index (χ1) is 19.3. The van der Waals surface area contributed by atoms with Crippen LogP contribution >= 0.6 is 34.0 Å². The molecule has 0 aromatic heterocycles. The van der Waals surface area contributed by atoms with Crippen molar-refractivity contribution >= 4 is 34.0 Å². The Hall–Kier alpha value is 0.800. The smallest absolute Gasteiger partial charge is 0.0182 e. The molecule has 0 saturated heterocycles. The molecule has 0 radical (unpaired) electrons. The average Bonchev–Trinajstić information content (AvgIpc) is 2.96. The number of halogens is 2. The van der Waals surface area contributed by atoms with Gasteiger partial charge in [-0.3, -0.25) is 0 Å². The van der Waals surface area contributed by atoms with Gasteiger partial charge < -0.3 is 22.9 Å². The van der Waals surface area contributed by atoms with E-state index in [-0.39, 0.29) is 45.0 Å². The zero-order valence-corrected chi connectivity index (χ0v) is 33.1. The molecule has 0 spiro atoms. The maximum atomic E-state index is 6.91. The summed E-state index contributed by atoms with van der Waals surface area (Å²) in [6.07, 6.45) is 30.2. The molecule has 2 unspecified atom stereocenters. The van der Waals surface area contributed by atoms with Crippen molar-refractivity contribution in [3.63, 3.8) is 0 Å². The van der Waals surface area contributed by atoms with Crippen LogP contribution in [0.15, 0.2) is 0 Å². The summed E-state index contributed by atoms with van der Waals surface area (Å²) in [5, 5.41) is 0. The SMILES string of the molecule is Br.Br.CCCCC(CCCCN)C(N)(CCCC)CCCC.CCCCC(CCCCN)C(N)(CCCC)CCCC. The molecule has 0 aliphatic rings. The van der Waals surface area contributed by atoms with E-state index in [0.717, 1.165) is 25.9 Å². The zero-order chi connectivity index (χ0) is 30.5. The molecule has 0 bridgehead atoms. The van der Waals surface area contributed by atoms with Crippen molar-refractivity contribution in [3.8, 4) is 0 Å². The van der Waals surface area contributed by atoms with Gasteiger partial charge in [-0.2, -0.15) is 0 Å². The van der Waals surface area contributed by atoms with Crippen molar-refractivity contribution < 1.29 is 0 Å². The van der Waals surface area contributed by atoms with Crippen molar-refractivity contribution in [2.75, 3.05) is 13.1 Å². The highest BCUT2D eigenvalue weighted by Crippen LogP contribution is 2.35. The first-order valence-electron chi connectivity index (χ1n) is 18.3. The molecule has 8 N–H and O–H groups in total. The van der Waals surface area contributed by atoms with Crippen molar-refractivity contribution in [3.05, 3.63) is 0 Å². The number of nitrogens with two attached hydrogens (primary N) is 4. The maximum Gasteiger partial charge on any atom is 0.0182 e. The van der Waals surface area contributed by atoms with Gasteiger partial charge in [0.25, 0.3) is 0 Å². The molecule has 0 saturated carbocycles. The quantitative estimate of drug-likeness (QED) is 0.0602. The molecule has 2 atom stereocenters. The molecule has 42 heavy (non-hydrogen) atoms. The van der Waals surface area contributed by atoms with Crippen LogP contribution in [0.4, 0.5) is 0 Å². The van der Waals surface area contributed by atoms with Gasteiger partial charge in [-0.25, -0.2) is 0 Å². The van der Waals surface area contributed by atoms with Crippen LogP contribution < -0.4 is 22.9 Å². The number of rotatable bonds is 28. The molecule has 0 aliphatic heterocycles. The minimum atomic E-state index is 0. The second kappa shape index (κ2) is 34.7. The third-order valence-corrected chi connectivity index (χ3v) is 9.43. The van der Waals surface area contributed by atoms with Crippen LogP contribution in [0.25, 0.3) is 0 Å². The minimum Gasteiger partial charge on any atom is -0.330 e. The van der Waals surface area contributed by atoms with Gasteiger partial charge in [0.2, 0.25) is 0 Å².